The first-order valence-electron chi connectivity index (χ1n) is 8.48. The molecule has 1 aromatic heterocycles. The minimum Gasteiger partial charge on any atom is -0.331 e. The van der Waals surface area contributed by atoms with Gasteiger partial charge in [-0.3, -0.25) is 9.59 Å². The van der Waals surface area contributed by atoms with Gasteiger partial charge in [0.2, 0.25) is 5.91 Å². The van der Waals surface area contributed by atoms with Crippen LogP contribution in [0.5, 0.6) is 0 Å². The van der Waals surface area contributed by atoms with Gasteiger partial charge in [0.25, 0.3) is 0 Å². The third kappa shape index (κ3) is 2.69. The maximum Gasteiger partial charge on any atom is 0.227 e. The number of ketones is 1. The van der Waals surface area contributed by atoms with E-state index in [2.05, 4.69) is 4.57 Å². The Kier molecular flexibility index (Phi) is 4.04. The molecule has 1 atom stereocenters. The number of aryl methyl sites for hydroxylation is 1. The third-order valence-corrected chi connectivity index (χ3v) is 5.27. The van der Waals surface area contributed by atoms with E-state index in [1.54, 1.807) is 23.1 Å². The van der Waals surface area contributed by atoms with E-state index >= 15 is 0 Å². The molecule has 1 aliphatic heterocycles. The highest BCUT2D eigenvalue weighted by atomic mass is 35.5. The zero-order valence-electron chi connectivity index (χ0n) is 14.6. The lowest BCUT2D eigenvalue weighted by molar-refractivity contribution is -0.117. The van der Waals surface area contributed by atoms with Crippen LogP contribution in [0.15, 0.2) is 42.5 Å². The standard InChI is InChI=1S/C20H18ClN3O2/c1-12(25)15-8-7-14(10-16(15)21)24-11-13(9-19(24)26)20-22-17-5-3-4-6-18(17)23(20)2/h3-8,10,13H,9,11H2,1-2H3. The molecular formula is C20H18ClN3O2. The molecule has 4 rings (SSSR count). The fraction of sp³-hybridized carbons (Fsp3) is 0.250. The van der Waals surface area contributed by atoms with Crippen molar-refractivity contribution in [1.82, 2.24) is 9.55 Å². The number of benzene rings is 2. The number of fused-ring (bicyclic) bond motifs is 1. The molecular weight excluding hydrogens is 350 g/mol. The van der Waals surface area contributed by atoms with Crippen LogP contribution in [-0.2, 0) is 11.8 Å². The summed E-state index contributed by atoms with van der Waals surface area (Å²) in [4.78, 5) is 30.6. The molecule has 3 aromatic rings. The fourth-order valence-corrected chi connectivity index (χ4v) is 3.92. The van der Waals surface area contributed by atoms with Gasteiger partial charge in [-0.05, 0) is 37.3 Å². The number of halogens is 1. The van der Waals surface area contributed by atoms with Crippen LogP contribution in [0.1, 0.15) is 35.4 Å². The molecule has 0 bridgehead atoms. The highest BCUT2D eigenvalue weighted by molar-refractivity contribution is 6.34. The molecule has 26 heavy (non-hydrogen) atoms. The summed E-state index contributed by atoms with van der Waals surface area (Å²) in [5.41, 5.74) is 3.17. The molecule has 2 heterocycles. The molecule has 0 spiro atoms. The number of carbonyl (C=O) groups is 2. The smallest absolute Gasteiger partial charge is 0.227 e. The predicted octanol–water partition coefficient (Wildman–Crippen LogP) is 3.95. The average Bonchev–Trinajstić information content (AvgIpc) is 3.15. The van der Waals surface area contributed by atoms with Gasteiger partial charge < -0.3 is 9.47 Å². The summed E-state index contributed by atoms with van der Waals surface area (Å²) in [6.07, 6.45) is 0.406. The normalized spacial score (nSPS) is 17.3. The Hall–Kier alpha value is -2.66. The lowest BCUT2D eigenvalue weighted by Crippen LogP contribution is -2.24. The maximum absolute atomic E-state index is 12.6. The molecule has 0 N–H and O–H groups in total. The summed E-state index contributed by atoms with van der Waals surface area (Å²) in [7, 11) is 1.98. The summed E-state index contributed by atoms with van der Waals surface area (Å²) in [6.45, 7) is 2.02. The summed E-state index contributed by atoms with van der Waals surface area (Å²) in [6, 6.07) is 13.1. The van der Waals surface area contributed by atoms with E-state index in [9.17, 15) is 9.59 Å². The van der Waals surface area contributed by atoms with Gasteiger partial charge in [0, 0.05) is 37.2 Å². The first-order chi connectivity index (χ1) is 12.5. The van der Waals surface area contributed by atoms with Crippen molar-refractivity contribution in [2.45, 2.75) is 19.3 Å². The zero-order chi connectivity index (χ0) is 18.4. The molecule has 0 saturated carbocycles. The molecule has 132 valence electrons. The van der Waals surface area contributed by atoms with Gasteiger partial charge in [-0.25, -0.2) is 4.98 Å². The van der Waals surface area contributed by atoms with E-state index < -0.39 is 0 Å². The lowest BCUT2D eigenvalue weighted by Gasteiger charge is -2.17. The van der Waals surface area contributed by atoms with Crippen molar-refractivity contribution < 1.29 is 9.59 Å². The predicted molar refractivity (Wildman–Crippen MR) is 102 cm³/mol. The van der Waals surface area contributed by atoms with Crippen molar-refractivity contribution in [3.05, 3.63) is 58.9 Å². The second-order valence-corrected chi connectivity index (χ2v) is 7.05. The first-order valence-corrected chi connectivity index (χ1v) is 8.85. The number of nitrogens with zero attached hydrogens (tertiary/aromatic N) is 3. The van der Waals surface area contributed by atoms with Crippen molar-refractivity contribution in [2.75, 3.05) is 11.4 Å². The van der Waals surface area contributed by atoms with E-state index in [0.29, 0.717) is 29.2 Å². The number of hydrogen-bond acceptors (Lipinski definition) is 3. The van der Waals surface area contributed by atoms with Gasteiger partial charge in [0.1, 0.15) is 5.82 Å². The molecule has 1 saturated heterocycles. The van der Waals surface area contributed by atoms with Gasteiger partial charge in [-0.15, -0.1) is 0 Å². The number of Topliss-reactive ketones (excluding diaryl/α,β-unsaturated/α-hetero) is 1. The Morgan fingerprint density at radius 3 is 2.69 bits per heavy atom. The minimum absolute atomic E-state index is 0.0196. The Bertz CT molecular complexity index is 1040. The molecule has 2 aromatic carbocycles. The van der Waals surface area contributed by atoms with Crippen LogP contribution in [0.4, 0.5) is 5.69 Å². The van der Waals surface area contributed by atoms with E-state index in [1.165, 1.54) is 6.92 Å². The van der Waals surface area contributed by atoms with Crippen molar-refractivity contribution in [3.8, 4) is 0 Å². The van der Waals surface area contributed by atoms with Crippen LogP contribution < -0.4 is 4.90 Å². The number of rotatable bonds is 3. The fourth-order valence-electron chi connectivity index (χ4n) is 3.62. The highest BCUT2D eigenvalue weighted by Crippen LogP contribution is 2.34. The molecule has 5 nitrogen and oxygen atoms in total. The van der Waals surface area contributed by atoms with Crippen LogP contribution in [0.25, 0.3) is 11.0 Å². The van der Waals surface area contributed by atoms with Crippen LogP contribution in [0, 0.1) is 0 Å². The molecule has 6 heteroatoms. The third-order valence-electron chi connectivity index (χ3n) is 4.96. The Morgan fingerprint density at radius 1 is 1.23 bits per heavy atom. The van der Waals surface area contributed by atoms with Crippen LogP contribution >= 0.6 is 11.6 Å². The largest absolute Gasteiger partial charge is 0.331 e. The molecule has 1 amide bonds. The molecule has 0 radical (unpaired) electrons. The van der Waals surface area contributed by atoms with E-state index in [0.717, 1.165) is 16.9 Å². The first kappa shape index (κ1) is 16.8. The highest BCUT2D eigenvalue weighted by Gasteiger charge is 2.34. The number of aromatic nitrogens is 2. The van der Waals surface area contributed by atoms with Crippen molar-refractivity contribution >= 4 is 40.0 Å². The van der Waals surface area contributed by atoms with E-state index in [-0.39, 0.29) is 17.6 Å². The van der Waals surface area contributed by atoms with Crippen molar-refractivity contribution in [2.24, 2.45) is 7.05 Å². The van der Waals surface area contributed by atoms with Gasteiger partial charge in [-0.2, -0.15) is 0 Å². The SMILES string of the molecule is CC(=O)c1ccc(N2CC(c3nc4ccccc4n3C)CC2=O)cc1Cl. The number of carbonyl (C=O) groups excluding carboxylic acids is 2. The molecule has 1 unspecified atom stereocenters. The minimum atomic E-state index is -0.0909. The zero-order valence-corrected chi connectivity index (χ0v) is 15.3. The number of hydrogen-bond donors (Lipinski definition) is 0. The number of amides is 1. The summed E-state index contributed by atoms with van der Waals surface area (Å²) < 4.78 is 2.06. The quantitative estimate of drug-likeness (QED) is 0.658. The number of para-hydroxylation sites is 2. The molecule has 0 aliphatic carbocycles. The van der Waals surface area contributed by atoms with Crippen molar-refractivity contribution in [1.29, 1.82) is 0 Å². The van der Waals surface area contributed by atoms with E-state index in [4.69, 9.17) is 16.6 Å². The monoisotopic (exact) mass is 367 g/mol. The Morgan fingerprint density at radius 2 is 2.00 bits per heavy atom. The number of anilines is 1. The topological polar surface area (TPSA) is 55.2 Å². The average molecular weight is 368 g/mol. The maximum atomic E-state index is 12.6. The molecule has 1 fully saturated rings. The van der Waals surface area contributed by atoms with Gasteiger partial charge in [-0.1, -0.05) is 23.7 Å². The van der Waals surface area contributed by atoms with Crippen LogP contribution in [0.2, 0.25) is 5.02 Å². The molecule has 1 aliphatic rings. The number of imidazole rings is 1. The Labute approximate surface area is 156 Å². The van der Waals surface area contributed by atoms with Crippen LogP contribution in [0.3, 0.4) is 0 Å². The van der Waals surface area contributed by atoms with Gasteiger partial charge in [0.05, 0.1) is 16.1 Å². The summed E-state index contributed by atoms with van der Waals surface area (Å²) in [5.74, 6) is 0.875. The lowest BCUT2D eigenvalue weighted by atomic mass is 10.1. The van der Waals surface area contributed by atoms with Gasteiger partial charge in [0.15, 0.2) is 5.78 Å². The van der Waals surface area contributed by atoms with E-state index in [1.807, 2.05) is 31.3 Å². The second-order valence-electron chi connectivity index (χ2n) is 6.64. The summed E-state index contributed by atoms with van der Waals surface area (Å²) >= 11 is 6.21. The van der Waals surface area contributed by atoms with Crippen LogP contribution in [-0.4, -0.2) is 27.8 Å². The van der Waals surface area contributed by atoms with Gasteiger partial charge >= 0.3 is 0 Å². The second kappa shape index (κ2) is 6.25. The Balaban J connectivity index is 1.65. The van der Waals surface area contributed by atoms with Crippen molar-refractivity contribution in [3.63, 3.8) is 0 Å². The summed E-state index contributed by atoms with van der Waals surface area (Å²) in [5, 5.41) is 0.369.